The number of unbranched alkanes of at least 4 members (excludes halogenated alkanes) is 5. The van der Waals surface area contributed by atoms with Gasteiger partial charge in [-0.05, 0) is 38.5 Å². The quantitative estimate of drug-likeness (QED) is 0.192. The summed E-state index contributed by atoms with van der Waals surface area (Å²) in [5.41, 5.74) is -0.148. The number of ether oxygens (including phenoxy) is 1. The molecule has 0 aliphatic carbocycles. The molecule has 0 aromatic carbocycles. The van der Waals surface area contributed by atoms with Crippen LogP contribution in [0.15, 0.2) is 47.8 Å². The summed E-state index contributed by atoms with van der Waals surface area (Å²) in [6.07, 6.45) is 22.8. The van der Waals surface area contributed by atoms with Gasteiger partial charge in [0.05, 0.1) is 0 Å². The first-order chi connectivity index (χ1) is 12.7. The van der Waals surface area contributed by atoms with Gasteiger partial charge in [-0.25, -0.2) is 4.79 Å². The average Bonchev–Trinajstić information content (AvgIpc) is 2.96. The van der Waals surface area contributed by atoms with Crippen LogP contribution in [-0.4, -0.2) is 23.5 Å². The Bertz CT molecular complexity index is 552. The van der Waals surface area contributed by atoms with Crippen molar-refractivity contribution in [1.82, 2.24) is 0 Å². The van der Waals surface area contributed by atoms with Crippen LogP contribution in [0.25, 0.3) is 0 Å². The van der Waals surface area contributed by atoms with Gasteiger partial charge in [0, 0.05) is 6.42 Å². The van der Waals surface area contributed by atoms with E-state index >= 15 is 0 Å². The van der Waals surface area contributed by atoms with Gasteiger partial charge in [-0.15, -0.1) is 0 Å². The zero-order chi connectivity index (χ0) is 19.0. The van der Waals surface area contributed by atoms with Crippen LogP contribution in [0.2, 0.25) is 0 Å². The maximum Gasteiger partial charge on any atom is 0.345 e. The van der Waals surface area contributed by atoms with Gasteiger partial charge in [0.1, 0.15) is 17.9 Å². The van der Waals surface area contributed by atoms with Crippen molar-refractivity contribution in [2.45, 2.75) is 71.1 Å². The molecule has 0 saturated carbocycles. The highest BCUT2D eigenvalue weighted by molar-refractivity contribution is 6.18. The second-order valence-corrected chi connectivity index (χ2v) is 6.42. The van der Waals surface area contributed by atoms with Gasteiger partial charge >= 0.3 is 5.97 Å². The monoisotopic (exact) mass is 360 g/mol. The summed E-state index contributed by atoms with van der Waals surface area (Å²) < 4.78 is 4.63. The molecule has 0 aromatic heterocycles. The first-order valence-corrected chi connectivity index (χ1v) is 9.74. The Morgan fingerprint density at radius 3 is 2.23 bits per heavy atom. The largest absolute Gasteiger partial charge is 0.508 e. The summed E-state index contributed by atoms with van der Waals surface area (Å²) >= 11 is 0. The summed E-state index contributed by atoms with van der Waals surface area (Å²) in [6, 6.07) is 0. The summed E-state index contributed by atoms with van der Waals surface area (Å²) in [4.78, 5) is 23.2. The number of aliphatic hydroxyl groups excluding tert-OH is 1. The Morgan fingerprint density at radius 2 is 1.58 bits per heavy atom. The second kappa shape index (κ2) is 14.1. The third-order valence-electron chi connectivity index (χ3n) is 4.17. The second-order valence-electron chi connectivity index (χ2n) is 6.42. The molecule has 0 amide bonds. The molecule has 0 aromatic rings. The third kappa shape index (κ3) is 9.40. The average molecular weight is 360 g/mol. The molecule has 0 fully saturated rings. The van der Waals surface area contributed by atoms with E-state index in [-0.39, 0.29) is 23.7 Å². The fraction of sp³-hybridized carbons (Fsp3) is 0.545. The number of rotatable bonds is 14. The van der Waals surface area contributed by atoms with Crippen molar-refractivity contribution < 1.29 is 19.4 Å². The summed E-state index contributed by atoms with van der Waals surface area (Å²) in [5.74, 6) is -1.21. The smallest absolute Gasteiger partial charge is 0.345 e. The van der Waals surface area contributed by atoms with Gasteiger partial charge in [0.2, 0.25) is 0 Å². The normalized spacial score (nSPS) is 15.0. The van der Waals surface area contributed by atoms with E-state index in [0.29, 0.717) is 6.42 Å². The molecule has 1 aliphatic heterocycles. The van der Waals surface area contributed by atoms with E-state index in [1.807, 2.05) is 0 Å². The van der Waals surface area contributed by atoms with E-state index in [4.69, 9.17) is 0 Å². The Labute approximate surface area is 157 Å². The van der Waals surface area contributed by atoms with Crippen LogP contribution in [0.5, 0.6) is 0 Å². The van der Waals surface area contributed by atoms with Crippen LogP contribution in [0.4, 0.5) is 0 Å². The van der Waals surface area contributed by atoms with Crippen molar-refractivity contribution in [3.8, 4) is 0 Å². The molecule has 1 rings (SSSR count). The molecule has 0 atom stereocenters. The number of hydrogen-bond donors (Lipinski definition) is 1. The van der Waals surface area contributed by atoms with Crippen molar-refractivity contribution in [2.75, 3.05) is 6.61 Å². The van der Waals surface area contributed by atoms with E-state index in [9.17, 15) is 14.7 Å². The molecule has 0 spiro atoms. The molecule has 0 bridgehead atoms. The molecule has 4 nitrogen and oxygen atoms in total. The van der Waals surface area contributed by atoms with Crippen LogP contribution in [-0.2, 0) is 14.3 Å². The predicted octanol–water partition coefficient (Wildman–Crippen LogP) is 5.51. The first kappa shape index (κ1) is 21.9. The Kier molecular flexibility index (Phi) is 11.9. The van der Waals surface area contributed by atoms with E-state index in [0.717, 1.165) is 57.8 Å². The molecule has 26 heavy (non-hydrogen) atoms. The molecule has 0 unspecified atom stereocenters. The number of Topliss-reactive ketones (excluding diaryl/α,β-unsaturated/α-hetero) is 1. The van der Waals surface area contributed by atoms with E-state index in [1.54, 1.807) is 0 Å². The van der Waals surface area contributed by atoms with Gasteiger partial charge in [0.25, 0.3) is 0 Å². The highest BCUT2D eigenvalue weighted by Crippen LogP contribution is 2.17. The first-order valence-electron chi connectivity index (χ1n) is 9.74. The molecule has 1 heterocycles. The number of aliphatic hydroxyl groups is 1. The van der Waals surface area contributed by atoms with E-state index in [2.05, 4.69) is 48.1 Å². The lowest BCUT2D eigenvalue weighted by Crippen LogP contribution is -2.10. The Balaban J connectivity index is 1.96. The van der Waals surface area contributed by atoms with Crippen molar-refractivity contribution in [2.24, 2.45) is 0 Å². The lowest BCUT2D eigenvalue weighted by atomic mass is 10.0. The molecule has 4 heteroatoms. The van der Waals surface area contributed by atoms with Crippen molar-refractivity contribution >= 4 is 11.8 Å². The predicted molar refractivity (Wildman–Crippen MR) is 105 cm³/mol. The van der Waals surface area contributed by atoms with Crippen LogP contribution < -0.4 is 0 Å². The molecule has 0 radical (unpaired) electrons. The van der Waals surface area contributed by atoms with E-state index in [1.165, 1.54) is 0 Å². The Hall–Kier alpha value is -2.10. The fourth-order valence-corrected chi connectivity index (χ4v) is 2.70. The van der Waals surface area contributed by atoms with Crippen LogP contribution >= 0.6 is 0 Å². The van der Waals surface area contributed by atoms with Crippen LogP contribution in [0.1, 0.15) is 71.1 Å². The highest BCUT2D eigenvalue weighted by atomic mass is 16.5. The summed E-state index contributed by atoms with van der Waals surface area (Å²) in [7, 11) is 0. The zero-order valence-corrected chi connectivity index (χ0v) is 15.9. The number of carbonyl (C=O) groups is 2. The minimum Gasteiger partial charge on any atom is -0.508 e. The summed E-state index contributed by atoms with van der Waals surface area (Å²) in [6.45, 7) is 1.97. The SMILES string of the molecule is CCC=CCC=CCC=CCCCCCCCC(=O)C1=C(O)COC1=O. The van der Waals surface area contributed by atoms with Crippen molar-refractivity contribution in [3.05, 3.63) is 47.8 Å². The number of esters is 1. The number of hydrogen-bond acceptors (Lipinski definition) is 4. The fourth-order valence-electron chi connectivity index (χ4n) is 2.70. The molecular weight excluding hydrogens is 328 g/mol. The standard InChI is InChI=1S/C22H32O4/c1-2-3-4-5-6-7-8-9-10-11-12-13-14-15-16-17-19(23)21-20(24)18-26-22(21)25/h3-4,6-7,9-10,24H,2,5,8,11-18H2,1H3. The van der Waals surface area contributed by atoms with Crippen LogP contribution in [0, 0.1) is 0 Å². The Morgan fingerprint density at radius 1 is 0.962 bits per heavy atom. The maximum atomic E-state index is 11.9. The van der Waals surface area contributed by atoms with Gasteiger partial charge in [-0.1, -0.05) is 62.6 Å². The zero-order valence-electron chi connectivity index (χ0n) is 15.9. The highest BCUT2D eigenvalue weighted by Gasteiger charge is 2.29. The molecule has 1 N–H and O–H groups in total. The molecule has 0 saturated heterocycles. The minimum absolute atomic E-state index is 0.148. The number of allylic oxidation sites excluding steroid dienone is 6. The molecule has 144 valence electrons. The van der Waals surface area contributed by atoms with Crippen molar-refractivity contribution in [3.63, 3.8) is 0 Å². The third-order valence-corrected chi connectivity index (χ3v) is 4.17. The van der Waals surface area contributed by atoms with Crippen molar-refractivity contribution in [1.29, 1.82) is 0 Å². The van der Waals surface area contributed by atoms with Gasteiger partial charge < -0.3 is 9.84 Å². The lowest BCUT2D eigenvalue weighted by Gasteiger charge is -2.01. The number of ketones is 1. The van der Waals surface area contributed by atoms with Gasteiger partial charge in [-0.2, -0.15) is 0 Å². The van der Waals surface area contributed by atoms with Gasteiger partial charge in [0.15, 0.2) is 5.78 Å². The van der Waals surface area contributed by atoms with Crippen LogP contribution in [0.3, 0.4) is 0 Å². The maximum absolute atomic E-state index is 11.9. The lowest BCUT2D eigenvalue weighted by molar-refractivity contribution is -0.137. The molecule has 1 aliphatic rings. The topological polar surface area (TPSA) is 63.6 Å². The van der Waals surface area contributed by atoms with E-state index < -0.39 is 5.97 Å². The number of cyclic esters (lactones) is 1. The van der Waals surface area contributed by atoms with Gasteiger partial charge in [-0.3, -0.25) is 4.79 Å². The number of carbonyl (C=O) groups excluding carboxylic acids is 2. The molecular formula is C22H32O4. The minimum atomic E-state index is -0.688. The summed E-state index contributed by atoms with van der Waals surface area (Å²) in [5, 5.41) is 9.45.